The van der Waals surface area contributed by atoms with Gasteiger partial charge in [-0.05, 0) is 46.0 Å². The van der Waals surface area contributed by atoms with E-state index in [1.807, 2.05) is 78.9 Å². The molecule has 1 aliphatic heterocycles. The Kier molecular flexibility index (Phi) is 12.4. The number of sulfonamides is 1. The Morgan fingerprint density at radius 3 is 1.87 bits per heavy atom. The molecule has 1 N–H and O–H groups in total. The van der Waals surface area contributed by atoms with E-state index in [0.29, 0.717) is 6.54 Å². The average molecular weight is 809 g/mol. The minimum atomic E-state index is -4.44. The van der Waals surface area contributed by atoms with E-state index in [0.717, 1.165) is 26.7 Å². The monoisotopic (exact) mass is 807 g/mol. The second-order valence-electron chi connectivity index (χ2n) is 13.2. The Bertz CT molecular complexity index is 2070. The molecule has 3 atom stereocenters. The van der Waals surface area contributed by atoms with Crippen molar-refractivity contribution in [2.24, 2.45) is 0 Å². The number of para-hydroxylation sites is 1. The first-order chi connectivity index (χ1) is 26.1. The number of nitrogens with zero attached hydrogens (tertiary/aromatic N) is 3. The van der Waals surface area contributed by atoms with Crippen molar-refractivity contribution in [2.45, 2.75) is 28.5 Å². The highest BCUT2D eigenvalue weighted by Gasteiger charge is 2.51. The molecule has 11 heteroatoms. The van der Waals surface area contributed by atoms with Crippen molar-refractivity contribution < 1.29 is 23.2 Å². The van der Waals surface area contributed by atoms with Gasteiger partial charge in [-0.15, -0.1) is 6.58 Å². The van der Waals surface area contributed by atoms with Crippen molar-refractivity contribution in [2.75, 3.05) is 32.8 Å². The third-order valence-corrected chi connectivity index (χ3v) is 12.4. The molecule has 0 amide bonds. The van der Waals surface area contributed by atoms with Crippen molar-refractivity contribution in [3.63, 3.8) is 0 Å². The number of halogens is 1. The van der Waals surface area contributed by atoms with Crippen LogP contribution in [0, 0.1) is 10.1 Å². The topological polar surface area (TPSA) is 113 Å². The van der Waals surface area contributed by atoms with Crippen molar-refractivity contribution in [3.8, 4) is 0 Å². The van der Waals surface area contributed by atoms with Crippen molar-refractivity contribution >= 4 is 31.6 Å². The molecular formula is C43H42BrN3O6S. The lowest BCUT2D eigenvalue weighted by Gasteiger charge is -2.57. The van der Waals surface area contributed by atoms with Gasteiger partial charge in [0.2, 0.25) is 10.0 Å². The van der Waals surface area contributed by atoms with Gasteiger partial charge in [-0.25, -0.2) is 8.42 Å². The Balaban J connectivity index is 1.44. The van der Waals surface area contributed by atoms with Crippen LogP contribution < -0.4 is 0 Å². The minimum Gasteiger partial charge on any atom is -0.392 e. The van der Waals surface area contributed by atoms with Crippen LogP contribution in [-0.4, -0.2) is 72.6 Å². The number of nitro groups is 1. The van der Waals surface area contributed by atoms with Gasteiger partial charge < -0.3 is 9.84 Å². The number of rotatable bonds is 17. The number of aliphatic hydroxyl groups is 1. The number of aliphatic hydroxyl groups excluding tert-OH is 1. The van der Waals surface area contributed by atoms with E-state index in [-0.39, 0.29) is 37.2 Å². The first kappa shape index (κ1) is 39.0. The molecule has 0 aliphatic carbocycles. The van der Waals surface area contributed by atoms with Gasteiger partial charge in [0.15, 0.2) is 4.90 Å². The maximum atomic E-state index is 14.4. The van der Waals surface area contributed by atoms with Gasteiger partial charge in [0.05, 0.1) is 18.1 Å². The van der Waals surface area contributed by atoms with E-state index in [2.05, 4.69) is 70.4 Å². The Morgan fingerprint density at radius 2 is 1.37 bits per heavy atom. The molecule has 0 radical (unpaired) electrons. The predicted octanol–water partition coefficient (Wildman–Crippen LogP) is 7.93. The molecule has 9 nitrogen and oxygen atoms in total. The van der Waals surface area contributed by atoms with Gasteiger partial charge in [-0.3, -0.25) is 15.0 Å². The maximum Gasteiger partial charge on any atom is 0.289 e. The number of hydrogen-bond acceptors (Lipinski definition) is 7. The molecule has 0 unspecified atom stereocenters. The molecule has 6 rings (SSSR count). The largest absolute Gasteiger partial charge is 0.392 e. The molecule has 1 aliphatic rings. The molecule has 1 fully saturated rings. The Morgan fingerprint density at radius 1 is 0.852 bits per heavy atom. The first-order valence-corrected chi connectivity index (χ1v) is 19.8. The van der Waals surface area contributed by atoms with E-state index in [1.54, 1.807) is 6.08 Å². The summed E-state index contributed by atoms with van der Waals surface area (Å²) in [5.41, 5.74) is 2.59. The van der Waals surface area contributed by atoms with E-state index < -0.39 is 43.8 Å². The summed E-state index contributed by atoms with van der Waals surface area (Å²) in [6.07, 6.45) is 1.78. The van der Waals surface area contributed by atoms with Crippen molar-refractivity contribution in [1.82, 2.24) is 9.21 Å². The van der Waals surface area contributed by atoms with Crippen LogP contribution in [0.2, 0.25) is 0 Å². The van der Waals surface area contributed by atoms with Crippen LogP contribution in [0.3, 0.4) is 0 Å². The lowest BCUT2D eigenvalue weighted by atomic mass is 9.74. The van der Waals surface area contributed by atoms with Crippen LogP contribution in [0.1, 0.15) is 28.2 Å². The third-order valence-electron chi connectivity index (χ3n) is 9.98. The lowest BCUT2D eigenvalue weighted by Crippen LogP contribution is -2.67. The fraction of sp³-hybridized carbons (Fsp3) is 0.209. The fourth-order valence-corrected chi connectivity index (χ4v) is 9.38. The molecule has 5 aromatic rings. The summed E-state index contributed by atoms with van der Waals surface area (Å²) < 4.78 is 38.2. The first-order valence-electron chi connectivity index (χ1n) is 17.6. The van der Waals surface area contributed by atoms with Gasteiger partial charge in [-0.1, -0.05) is 144 Å². The summed E-state index contributed by atoms with van der Waals surface area (Å²) in [4.78, 5) is 13.0. The predicted molar refractivity (Wildman–Crippen MR) is 215 cm³/mol. The van der Waals surface area contributed by atoms with E-state index in [9.17, 15) is 23.6 Å². The molecule has 0 aromatic heterocycles. The van der Waals surface area contributed by atoms with Gasteiger partial charge in [0, 0.05) is 48.2 Å². The zero-order valence-corrected chi connectivity index (χ0v) is 32.1. The summed E-state index contributed by atoms with van der Waals surface area (Å²) in [7, 11) is -4.44. The molecule has 1 saturated heterocycles. The maximum absolute atomic E-state index is 14.4. The highest BCUT2D eigenvalue weighted by molar-refractivity contribution is 9.10. The van der Waals surface area contributed by atoms with E-state index in [4.69, 9.17) is 4.74 Å². The van der Waals surface area contributed by atoms with E-state index >= 15 is 0 Å². The van der Waals surface area contributed by atoms with Gasteiger partial charge in [-0.2, -0.15) is 4.31 Å². The zero-order chi connectivity index (χ0) is 38.3. The molecule has 0 bridgehead atoms. The second-order valence-corrected chi connectivity index (χ2v) is 16.0. The smallest absolute Gasteiger partial charge is 0.289 e. The summed E-state index contributed by atoms with van der Waals surface area (Å²) >= 11 is 3.56. The van der Waals surface area contributed by atoms with E-state index in [1.165, 1.54) is 28.6 Å². The van der Waals surface area contributed by atoms with Crippen molar-refractivity contribution in [3.05, 3.63) is 201 Å². The number of ether oxygens (including phenoxy) is 1. The second kappa shape index (κ2) is 17.2. The van der Waals surface area contributed by atoms with Crippen LogP contribution in [0.5, 0.6) is 0 Å². The number of likely N-dealkylation sites (tertiary alicyclic amines) is 1. The summed E-state index contributed by atoms with van der Waals surface area (Å²) in [6, 6.07) is 43.0. The van der Waals surface area contributed by atoms with Crippen LogP contribution in [0.25, 0.3) is 0 Å². The highest BCUT2D eigenvalue weighted by atomic mass is 79.9. The highest BCUT2D eigenvalue weighted by Crippen LogP contribution is 2.46. The summed E-state index contributed by atoms with van der Waals surface area (Å²) in [6.45, 7) is 7.88. The summed E-state index contributed by atoms with van der Waals surface area (Å²) in [5, 5.41) is 21.9. The van der Waals surface area contributed by atoms with Crippen LogP contribution in [0.4, 0.5) is 5.69 Å². The van der Waals surface area contributed by atoms with Crippen LogP contribution in [-0.2, 0) is 20.4 Å². The molecule has 0 saturated carbocycles. The molecule has 5 aromatic carbocycles. The molecule has 54 heavy (non-hydrogen) atoms. The molecule has 278 valence electrons. The summed E-state index contributed by atoms with van der Waals surface area (Å²) in [5.74, 6) is -0.232. The van der Waals surface area contributed by atoms with Gasteiger partial charge in [0.25, 0.3) is 5.69 Å². The number of nitro benzene ring substituents is 1. The SMILES string of the molecule is C=CCN1[C@H](COC(c2ccccc2)(c2ccccc2)c2ccccc2)[C@H](c2ccc(Br)cc2)[C@@H]1CN(CC(=C)CO)S(=O)(=O)c1ccccc1[N+](=O)[O-]. The quantitative estimate of drug-likeness (QED) is 0.0440. The van der Waals surface area contributed by atoms with Crippen LogP contribution in [0.15, 0.2) is 174 Å². The van der Waals surface area contributed by atoms with Crippen molar-refractivity contribution in [1.29, 1.82) is 0 Å². The zero-order valence-electron chi connectivity index (χ0n) is 29.7. The number of hydrogen-bond donors (Lipinski definition) is 1. The lowest BCUT2D eigenvalue weighted by molar-refractivity contribution is -0.387. The standard InChI is InChI=1S/C43H42BrN3O6S/c1-3-27-46-39(29-45(28-32(2)30-48)54(51,52)41-22-14-13-21-38(41)47(49)50)42(33-23-25-37(44)26-24-33)40(46)31-53-43(34-15-7-4-8-16-34,35-17-9-5-10-18-35)36-19-11-6-12-20-36/h3-26,39-40,42,48H,1-2,27-31H2/t39-,40+,42+/m0/s1. The van der Waals surface area contributed by atoms with Gasteiger partial charge in [0.1, 0.15) is 5.60 Å². The average Bonchev–Trinajstić information content (AvgIpc) is 3.20. The minimum absolute atomic E-state index is 0.0420. The molecule has 1 heterocycles. The molecule has 0 spiro atoms. The normalized spacial score (nSPS) is 17.5. The molecular weight excluding hydrogens is 766 g/mol. The van der Waals surface area contributed by atoms with Gasteiger partial charge >= 0.3 is 0 Å². The van der Waals surface area contributed by atoms with Crippen LogP contribution >= 0.6 is 15.9 Å². The Labute approximate surface area is 325 Å². The fourth-order valence-electron chi connectivity index (χ4n) is 7.48. The Hall–Kier alpha value is -4.75. The third kappa shape index (κ3) is 7.88. The number of benzene rings is 5.